The zero-order valence-electron chi connectivity index (χ0n) is 23.6. The number of aliphatic hydroxyl groups is 1. The normalized spacial score (nSPS) is 15.9. The standard InChI is InChI=1S/C27H39N3O8P2S/c1-28(2)25-13-6-12-24-23(25)11-7-14-26(24)41-30(4)20-21-9-5-10-22(19-21)38-18-8-16-29(3)17-15-27(31,39(32,33)34)40(35,36)37/h5-7,9-14,19,31H,8,15-18,20H2,1-4H3,(H2,32,33,34)(H2,35,36,37). The van der Waals surface area contributed by atoms with Gasteiger partial charge in [0.15, 0.2) is 7.60 Å². The van der Waals surface area contributed by atoms with Crippen molar-refractivity contribution < 1.29 is 43.4 Å². The van der Waals surface area contributed by atoms with Crippen molar-refractivity contribution in [3.8, 4) is 5.75 Å². The summed E-state index contributed by atoms with van der Waals surface area (Å²) in [7, 11) is -3.38. The SMILES string of the molecule is CN(Cc1cccc(OCCC[NH+](C)CCC(O)(P(=O)([O-])O)P(=O)(O)O)c1)Sc1cccc2c(N(C)C)cccc12. The van der Waals surface area contributed by atoms with E-state index in [1.54, 1.807) is 19.0 Å². The molecule has 0 heterocycles. The van der Waals surface area contributed by atoms with Crippen molar-refractivity contribution >= 4 is 43.6 Å². The number of nitrogens with zero attached hydrogens (tertiary/aromatic N) is 2. The lowest BCUT2D eigenvalue weighted by atomic mass is 10.1. The highest BCUT2D eigenvalue weighted by atomic mass is 32.2. The van der Waals surface area contributed by atoms with E-state index in [4.69, 9.17) is 9.63 Å². The number of anilines is 1. The molecule has 3 atom stereocenters. The first-order valence-electron chi connectivity index (χ1n) is 13.1. The molecule has 11 nitrogen and oxygen atoms in total. The number of benzene rings is 3. The lowest BCUT2D eigenvalue weighted by Gasteiger charge is -2.36. The third kappa shape index (κ3) is 8.78. The molecule has 3 unspecified atom stereocenters. The van der Waals surface area contributed by atoms with Gasteiger partial charge < -0.3 is 43.8 Å². The van der Waals surface area contributed by atoms with Crippen molar-refractivity contribution in [2.24, 2.45) is 0 Å². The van der Waals surface area contributed by atoms with Crippen LogP contribution in [0.2, 0.25) is 0 Å². The Morgan fingerprint density at radius 3 is 2.29 bits per heavy atom. The van der Waals surface area contributed by atoms with E-state index in [9.17, 15) is 28.9 Å². The molecule has 0 aliphatic rings. The highest BCUT2D eigenvalue weighted by molar-refractivity contribution is 7.97. The van der Waals surface area contributed by atoms with Crippen LogP contribution in [0.5, 0.6) is 5.75 Å². The zero-order valence-corrected chi connectivity index (χ0v) is 26.2. The van der Waals surface area contributed by atoms with E-state index in [-0.39, 0.29) is 6.54 Å². The second-order valence-corrected chi connectivity index (χ2v) is 15.5. The van der Waals surface area contributed by atoms with Gasteiger partial charge in [0.05, 0.1) is 26.7 Å². The second kappa shape index (κ2) is 14.0. The fraction of sp³-hybridized carbons (Fsp3) is 0.407. The fourth-order valence-electron chi connectivity index (χ4n) is 4.45. The third-order valence-corrected chi connectivity index (χ3v) is 11.5. The van der Waals surface area contributed by atoms with Crippen molar-refractivity contribution in [2.45, 2.75) is 29.4 Å². The van der Waals surface area contributed by atoms with Crippen LogP contribution in [0.15, 0.2) is 65.6 Å². The van der Waals surface area contributed by atoms with E-state index < -0.39 is 26.7 Å². The smallest absolute Gasteiger partial charge is 0.365 e. The predicted octanol–water partition coefficient (Wildman–Crippen LogP) is 2.09. The number of nitrogens with one attached hydrogen (secondary N) is 1. The Balaban J connectivity index is 1.50. The number of ether oxygens (including phenoxy) is 1. The summed E-state index contributed by atoms with van der Waals surface area (Å²) in [4.78, 5) is 43.1. The monoisotopic (exact) mass is 627 g/mol. The van der Waals surface area contributed by atoms with Crippen molar-refractivity contribution in [1.82, 2.24) is 4.31 Å². The van der Waals surface area contributed by atoms with Crippen molar-refractivity contribution in [3.05, 3.63) is 66.2 Å². The molecule has 0 fully saturated rings. The first-order valence-corrected chi connectivity index (χ1v) is 17.0. The molecule has 0 amide bonds. The summed E-state index contributed by atoms with van der Waals surface area (Å²) in [5.74, 6) is 0.711. The van der Waals surface area contributed by atoms with Gasteiger partial charge in [-0.3, -0.25) is 4.57 Å². The molecular weight excluding hydrogens is 588 g/mol. The molecule has 3 rings (SSSR count). The molecule has 3 aromatic rings. The Labute approximate surface area is 245 Å². The molecule has 0 aromatic heterocycles. The maximum Gasteiger partial charge on any atom is 0.365 e. The van der Waals surface area contributed by atoms with Crippen LogP contribution in [-0.4, -0.2) is 77.1 Å². The molecule has 0 saturated carbocycles. The maximum absolute atomic E-state index is 11.5. The van der Waals surface area contributed by atoms with Crippen LogP contribution >= 0.6 is 27.1 Å². The van der Waals surface area contributed by atoms with Gasteiger partial charge >= 0.3 is 7.60 Å². The minimum absolute atomic E-state index is 0.0823. The minimum atomic E-state index is -5.69. The second-order valence-electron chi connectivity index (χ2n) is 10.3. The Morgan fingerprint density at radius 2 is 1.63 bits per heavy atom. The van der Waals surface area contributed by atoms with Crippen LogP contribution in [0.25, 0.3) is 10.8 Å². The van der Waals surface area contributed by atoms with E-state index in [0.29, 0.717) is 36.8 Å². The minimum Gasteiger partial charge on any atom is -0.776 e. The van der Waals surface area contributed by atoms with Crippen molar-refractivity contribution in [1.29, 1.82) is 0 Å². The molecule has 0 bridgehead atoms. The Morgan fingerprint density at radius 1 is 0.976 bits per heavy atom. The lowest BCUT2D eigenvalue weighted by molar-refractivity contribution is -0.880. The summed E-state index contributed by atoms with van der Waals surface area (Å²) < 4.78 is 30.9. The molecule has 226 valence electrons. The van der Waals surface area contributed by atoms with E-state index in [1.165, 1.54) is 21.4 Å². The van der Waals surface area contributed by atoms with Gasteiger partial charge in [-0.15, -0.1) is 0 Å². The summed E-state index contributed by atoms with van der Waals surface area (Å²) in [5, 5.41) is 8.88. The molecule has 14 heteroatoms. The number of hydrogen-bond acceptors (Lipinski definition) is 8. The number of hydrogen-bond donors (Lipinski definition) is 5. The summed E-state index contributed by atoms with van der Waals surface area (Å²) in [5.41, 5.74) is 2.25. The molecule has 0 radical (unpaired) electrons. The number of quaternary nitrogens is 1. The molecule has 5 N–H and O–H groups in total. The van der Waals surface area contributed by atoms with Gasteiger partial charge in [-0.1, -0.05) is 36.4 Å². The maximum atomic E-state index is 11.5. The first-order chi connectivity index (χ1) is 19.1. The average molecular weight is 628 g/mol. The van der Waals surface area contributed by atoms with Crippen LogP contribution in [0.3, 0.4) is 0 Å². The Hall–Kier alpha value is -1.95. The number of rotatable bonds is 15. The number of fused-ring (bicyclic) bond motifs is 1. The van der Waals surface area contributed by atoms with Gasteiger partial charge in [0.25, 0.3) is 0 Å². The average Bonchev–Trinajstić information content (AvgIpc) is 2.88. The van der Waals surface area contributed by atoms with Crippen molar-refractivity contribution in [2.75, 3.05) is 52.8 Å². The van der Waals surface area contributed by atoms with E-state index in [1.807, 2.05) is 45.4 Å². The van der Waals surface area contributed by atoms with E-state index >= 15 is 0 Å². The topological polar surface area (TPSA) is 158 Å². The van der Waals surface area contributed by atoms with Gasteiger partial charge in [0.2, 0.25) is 5.08 Å². The molecule has 0 aliphatic heterocycles. The zero-order chi connectivity index (χ0) is 30.4. The summed E-state index contributed by atoms with van der Waals surface area (Å²) >= 11 is 1.68. The quantitative estimate of drug-likeness (QED) is 0.0955. The van der Waals surface area contributed by atoms with Crippen molar-refractivity contribution in [3.63, 3.8) is 0 Å². The van der Waals surface area contributed by atoms with Gasteiger partial charge in [0.1, 0.15) is 5.75 Å². The fourth-order valence-corrected chi connectivity index (χ4v) is 7.53. The molecule has 0 saturated heterocycles. The van der Waals surface area contributed by atoms with Crippen LogP contribution < -0.4 is 19.4 Å². The summed E-state index contributed by atoms with van der Waals surface area (Å²) in [6.07, 6.45) is -0.227. The van der Waals surface area contributed by atoms with Crippen LogP contribution in [0.1, 0.15) is 18.4 Å². The molecule has 0 spiro atoms. The molecule has 0 aliphatic carbocycles. The first kappa shape index (κ1) is 33.6. The van der Waals surface area contributed by atoms with E-state index in [2.05, 4.69) is 45.6 Å². The summed E-state index contributed by atoms with van der Waals surface area (Å²) in [6.45, 7) is 1.47. The Kier molecular flexibility index (Phi) is 11.5. The van der Waals surface area contributed by atoms with Gasteiger partial charge in [-0.2, -0.15) is 0 Å². The Bertz CT molecular complexity index is 1390. The van der Waals surface area contributed by atoms with Crippen LogP contribution in [0, 0.1) is 0 Å². The van der Waals surface area contributed by atoms with Crippen LogP contribution in [-0.2, 0) is 15.7 Å². The lowest BCUT2D eigenvalue weighted by Crippen LogP contribution is -3.09. The highest BCUT2D eigenvalue weighted by Crippen LogP contribution is 2.66. The van der Waals surface area contributed by atoms with E-state index in [0.717, 1.165) is 5.56 Å². The molecular formula is C27H39N3O8P2S. The van der Waals surface area contributed by atoms with Crippen LogP contribution in [0.4, 0.5) is 5.69 Å². The van der Waals surface area contributed by atoms with Gasteiger partial charge in [-0.25, -0.2) is 4.31 Å². The largest absolute Gasteiger partial charge is 0.776 e. The third-order valence-electron chi connectivity index (χ3n) is 6.72. The summed E-state index contributed by atoms with van der Waals surface area (Å²) in [6, 6.07) is 20.5. The van der Waals surface area contributed by atoms with Gasteiger partial charge in [0, 0.05) is 49.5 Å². The molecule has 3 aromatic carbocycles. The van der Waals surface area contributed by atoms with Gasteiger partial charge in [-0.05, 0) is 54.2 Å². The molecule has 41 heavy (non-hydrogen) atoms. The highest BCUT2D eigenvalue weighted by Gasteiger charge is 2.53. The predicted molar refractivity (Wildman–Crippen MR) is 160 cm³/mol.